The summed E-state index contributed by atoms with van der Waals surface area (Å²) in [5.41, 5.74) is 0. The molecule has 0 bridgehead atoms. The smallest absolute Gasteiger partial charge is 0.394 e. The molecule has 0 aromatic rings. The van der Waals surface area contributed by atoms with Crippen LogP contribution in [-0.4, -0.2) is 95.4 Å². The van der Waals surface area contributed by atoms with Gasteiger partial charge >= 0.3 is 10.4 Å². The zero-order chi connectivity index (χ0) is 53.3. The fourth-order valence-corrected chi connectivity index (χ4v) is 10.8. The van der Waals surface area contributed by atoms with Gasteiger partial charge in [-0.1, -0.05) is 296 Å². The lowest BCUT2D eigenvalue weighted by molar-refractivity contribution is -0.298. The molecule has 0 saturated carbocycles. The van der Waals surface area contributed by atoms with Gasteiger partial charge in [-0.15, -0.1) is 0 Å². The normalized spacial score (nSPS) is 19.2. The largest absolute Gasteiger partial charge is 0.397 e. The summed E-state index contributed by atoms with van der Waals surface area (Å²) in [5.74, 6) is -0.255. The Kier molecular flexibility index (Phi) is 48.2. The lowest BCUT2D eigenvalue weighted by Gasteiger charge is -2.41. The van der Waals surface area contributed by atoms with Gasteiger partial charge < -0.3 is 35.2 Å². The summed E-state index contributed by atoms with van der Waals surface area (Å²) in [4.78, 5) is 13.1. The van der Waals surface area contributed by atoms with E-state index in [-0.39, 0.29) is 18.9 Å². The summed E-state index contributed by atoms with van der Waals surface area (Å²) in [5, 5.41) is 45.0. The van der Waals surface area contributed by atoms with Crippen molar-refractivity contribution in [3.05, 3.63) is 12.2 Å². The Bertz CT molecular complexity index is 1340. The molecule has 0 radical (unpaired) electrons. The van der Waals surface area contributed by atoms with E-state index in [4.69, 9.17) is 9.47 Å². The Morgan fingerprint density at radius 1 is 0.534 bits per heavy atom. The molecule has 0 aromatic heterocycles. The molecule has 13 heteroatoms. The van der Waals surface area contributed by atoms with E-state index < -0.39 is 59.9 Å². The van der Waals surface area contributed by atoms with Crippen LogP contribution in [0.3, 0.4) is 0 Å². The first-order chi connectivity index (χ1) is 35.5. The quantitative estimate of drug-likeness (QED) is 0.0193. The molecule has 1 aliphatic rings. The first-order valence-corrected chi connectivity index (χ1v) is 32.4. The minimum atomic E-state index is -5.09. The molecule has 7 atom stereocenters. The number of nitrogens with one attached hydrogen (secondary N) is 1. The number of carbonyl (C=O) groups excluding carboxylic acids is 1. The van der Waals surface area contributed by atoms with Crippen molar-refractivity contribution in [1.82, 2.24) is 5.32 Å². The van der Waals surface area contributed by atoms with Crippen LogP contribution in [0.2, 0.25) is 0 Å². The van der Waals surface area contributed by atoms with Gasteiger partial charge in [-0.25, -0.2) is 4.18 Å². The highest BCUT2D eigenvalue weighted by molar-refractivity contribution is 7.80. The van der Waals surface area contributed by atoms with E-state index in [2.05, 4.69) is 23.3 Å². The van der Waals surface area contributed by atoms with Crippen LogP contribution in [0.4, 0.5) is 0 Å². The maximum Gasteiger partial charge on any atom is 0.397 e. The van der Waals surface area contributed by atoms with E-state index in [1.54, 1.807) is 6.08 Å². The standard InChI is InChI=1S/C60H117NO11S/c1-3-5-7-9-11-13-15-17-19-21-22-23-24-25-26-27-28-29-30-31-32-34-36-38-40-42-44-46-48-50-56(64)61-53(52-70-60-58(66)59(72-73(67,68)69)57(65)55(51-62)71-60)54(63)49-47-45-43-41-39-37-35-33-20-18-16-14-12-10-8-6-4-2/h47,49,53-55,57-60,62-63,65-66H,3-46,48,50-52H2,1-2H3,(H,61,64)(H,67,68,69)/b49-47+. The van der Waals surface area contributed by atoms with Crippen molar-refractivity contribution < 1.29 is 51.8 Å². The SMILES string of the molecule is CCCCCCCCCCCCCCCCC/C=C/C(O)C(COC1OC(CO)C(O)C(OS(=O)(=O)O)C1O)NC(=O)CCCCCCCCCCCCCCCCCCCCCCCCCCCCCCC. The summed E-state index contributed by atoms with van der Waals surface area (Å²) < 4.78 is 47.9. The van der Waals surface area contributed by atoms with E-state index in [0.29, 0.717) is 6.42 Å². The van der Waals surface area contributed by atoms with Crippen LogP contribution >= 0.6 is 0 Å². The highest BCUT2D eigenvalue weighted by atomic mass is 32.3. The number of ether oxygens (including phenoxy) is 2. The Hall–Kier alpha value is -1.16. The molecule has 0 aromatic carbocycles. The minimum Gasteiger partial charge on any atom is -0.394 e. The molecule has 73 heavy (non-hydrogen) atoms. The maximum atomic E-state index is 13.1. The molecule has 434 valence electrons. The molecule has 12 nitrogen and oxygen atoms in total. The van der Waals surface area contributed by atoms with Crippen LogP contribution in [0.15, 0.2) is 12.2 Å². The molecular formula is C60H117NO11S. The van der Waals surface area contributed by atoms with Crippen LogP contribution in [0.5, 0.6) is 0 Å². The number of allylic oxidation sites excluding steroid dienone is 1. The van der Waals surface area contributed by atoms with Gasteiger partial charge in [0.15, 0.2) is 6.29 Å². The van der Waals surface area contributed by atoms with Crippen molar-refractivity contribution in [3.8, 4) is 0 Å². The van der Waals surface area contributed by atoms with Crippen LogP contribution in [0.25, 0.3) is 0 Å². The van der Waals surface area contributed by atoms with Gasteiger partial charge in [-0.2, -0.15) is 8.42 Å². The molecule has 1 heterocycles. The molecule has 1 rings (SSSR count). The van der Waals surface area contributed by atoms with Crippen molar-refractivity contribution in [2.24, 2.45) is 0 Å². The van der Waals surface area contributed by atoms with Gasteiger partial charge in [0.05, 0.1) is 25.4 Å². The molecule has 1 aliphatic heterocycles. The number of hydrogen-bond donors (Lipinski definition) is 6. The molecular weight excluding hydrogens is 943 g/mol. The molecule has 1 amide bonds. The average molecular weight is 1060 g/mol. The summed E-state index contributed by atoms with van der Waals surface area (Å²) >= 11 is 0. The molecule has 6 N–H and O–H groups in total. The number of hydrogen-bond acceptors (Lipinski definition) is 10. The van der Waals surface area contributed by atoms with Crippen LogP contribution < -0.4 is 5.32 Å². The summed E-state index contributed by atoms with van der Waals surface area (Å²) in [6.45, 7) is 3.44. The van der Waals surface area contributed by atoms with Crippen molar-refractivity contribution in [3.63, 3.8) is 0 Å². The fraction of sp³-hybridized carbons (Fsp3) is 0.950. The number of aliphatic hydroxyl groups is 4. The third-order valence-corrected chi connectivity index (χ3v) is 15.5. The van der Waals surface area contributed by atoms with Gasteiger partial charge in [0.25, 0.3) is 0 Å². The van der Waals surface area contributed by atoms with Crippen molar-refractivity contribution >= 4 is 16.3 Å². The van der Waals surface area contributed by atoms with E-state index in [9.17, 15) is 38.2 Å². The number of amides is 1. The predicted molar refractivity (Wildman–Crippen MR) is 301 cm³/mol. The zero-order valence-electron chi connectivity index (χ0n) is 47.2. The number of unbranched alkanes of at least 4 members (excludes halogenated alkanes) is 43. The third kappa shape index (κ3) is 42.5. The minimum absolute atomic E-state index is 0.255. The van der Waals surface area contributed by atoms with Crippen LogP contribution in [-0.2, 0) is 28.9 Å². The van der Waals surface area contributed by atoms with E-state index in [0.717, 1.165) is 38.5 Å². The second-order valence-corrected chi connectivity index (χ2v) is 23.1. The Morgan fingerprint density at radius 3 is 1.19 bits per heavy atom. The molecule has 0 aliphatic carbocycles. The average Bonchev–Trinajstić information content (AvgIpc) is 3.37. The van der Waals surface area contributed by atoms with Gasteiger partial charge in [0.1, 0.15) is 24.4 Å². The number of aliphatic hydroxyl groups excluding tert-OH is 4. The fourth-order valence-electron chi connectivity index (χ4n) is 10.3. The highest BCUT2D eigenvalue weighted by Crippen LogP contribution is 2.26. The number of carbonyl (C=O) groups is 1. The summed E-state index contributed by atoms with van der Waals surface area (Å²) in [6.07, 6.45) is 52.7. The van der Waals surface area contributed by atoms with E-state index in [1.165, 1.54) is 244 Å². The first kappa shape index (κ1) is 69.9. The number of rotatable bonds is 55. The van der Waals surface area contributed by atoms with Crippen molar-refractivity contribution in [1.29, 1.82) is 0 Å². The molecule has 1 saturated heterocycles. The topological polar surface area (TPSA) is 192 Å². The molecule has 1 fully saturated rings. The second kappa shape index (κ2) is 50.4. The summed E-state index contributed by atoms with van der Waals surface area (Å²) in [6, 6.07) is -0.940. The zero-order valence-corrected chi connectivity index (χ0v) is 48.0. The summed E-state index contributed by atoms with van der Waals surface area (Å²) in [7, 11) is -5.09. The van der Waals surface area contributed by atoms with E-state index >= 15 is 0 Å². The van der Waals surface area contributed by atoms with Crippen LogP contribution in [0.1, 0.15) is 309 Å². The Balaban J connectivity index is 2.27. The van der Waals surface area contributed by atoms with Gasteiger partial charge in [0, 0.05) is 6.42 Å². The lowest BCUT2D eigenvalue weighted by atomic mass is 9.99. The molecule has 7 unspecified atom stereocenters. The highest BCUT2D eigenvalue weighted by Gasteiger charge is 2.48. The van der Waals surface area contributed by atoms with Gasteiger partial charge in [-0.3, -0.25) is 9.35 Å². The second-order valence-electron chi connectivity index (χ2n) is 22.0. The molecule has 0 spiro atoms. The monoisotopic (exact) mass is 1060 g/mol. The Morgan fingerprint density at radius 2 is 0.863 bits per heavy atom. The van der Waals surface area contributed by atoms with Gasteiger partial charge in [0.2, 0.25) is 5.91 Å². The maximum absolute atomic E-state index is 13.1. The first-order valence-electron chi connectivity index (χ1n) is 31.1. The van der Waals surface area contributed by atoms with Crippen molar-refractivity contribution in [2.45, 2.75) is 352 Å². The third-order valence-electron chi connectivity index (χ3n) is 15.1. The van der Waals surface area contributed by atoms with Gasteiger partial charge in [-0.05, 0) is 19.3 Å². The Labute approximate surface area is 449 Å². The van der Waals surface area contributed by atoms with Crippen molar-refractivity contribution in [2.75, 3.05) is 13.2 Å². The lowest BCUT2D eigenvalue weighted by Crippen LogP contribution is -2.61. The predicted octanol–water partition coefficient (Wildman–Crippen LogP) is 15.0. The van der Waals surface area contributed by atoms with Crippen LogP contribution in [0, 0.1) is 0 Å². The van der Waals surface area contributed by atoms with E-state index in [1.807, 2.05) is 6.08 Å².